The number of methoxy groups -OCH3 is 1. The molecule has 3 aromatic carbocycles. The number of halogens is 1. The van der Waals surface area contributed by atoms with Gasteiger partial charge in [-0.25, -0.2) is 4.79 Å². The fourth-order valence-corrected chi connectivity index (χ4v) is 2.99. The number of aromatic carboxylic acids is 1. The zero-order valence-electron chi connectivity index (χ0n) is 16.1. The molecule has 3 rings (SSSR count). The molecule has 0 saturated carbocycles. The maximum atomic E-state index is 10.9. The van der Waals surface area contributed by atoms with Crippen LogP contribution in [0.1, 0.15) is 27.0 Å². The van der Waals surface area contributed by atoms with Gasteiger partial charge in [-0.3, -0.25) is 0 Å². The molecule has 0 amide bonds. The number of hydrogen-bond acceptors (Lipinski definition) is 4. The topological polar surface area (TPSA) is 79.5 Å². The Balaban J connectivity index is 1.79. The summed E-state index contributed by atoms with van der Waals surface area (Å²) in [5.41, 5.74) is 3.04. The lowest BCUT2D eigenvalue weighted by molar-refractivity contribution is 0.0697. The van der Waals surface area contributed by atoms with Gasteiger partial charge in [0, 0.05) is 5.02 Å². The average molecular weight is 420 g/mol. The highest BCUT2D eigenvalue weighted by Gasteiger charge is 2.08. The Morgan fingerprint density at radius 2 is 1.83 bits per heavy atom. The van der Waals surface area contributed by atoms with E-state index in [1.807, 2.05) is 12.1 Å². The van der Waals surface area contributed by atoms with Crippen molar-refractivity contribution in [2.75, 3.05) is 7.11 Å². The zero-order valence-corrected chi connectivity index (χ0v) is 16.9. The van der Waals surface area contributed by atoms with Crippen LogP contribution in [0.3, 0.4) is 0 Å². The van der Waals surface area contributed by atoms with Crippen molar-refractivity contribution in [2.24, 2.45) is 0 Å². The molecule has 5 nitrogen and oxygen atoms in total. The van der Waals surface area contributed by atoms with E-state index < -0.39 is 5.97 Å². The Labute approximate surface area is 179 Å². The number of carboxylic acid groups (broad SMARTS) is 1. The summed E-state index contributed by atoms with van der Waals surface area (Å²) in [4.78, 5) is 10.9. The molecular formula is C24H18ClNO4. The summed E-state index contributed by atoms with van der Waals surface area (Å²) in [5, 5.41) is 19.0. The number of nitriles is 1. The highest BCUT2D eigenvalue weighted by molar-refractivity contribution is 6.30. The first kappa shape index (κ1) is 21.0. The molecule has 0 aliphatic rings. The minimum absolute atomic E-state index is 0.223. The van der Waals surface area contributed by atoms with Crippen molar-refractivity contribution in [2.45, 2.75) is 6.61 Å². The summed E-state index contributed by atoms with van der Waals surface area (Å²) in [6.07, 6.45) is 1.75. The fraction of sp³-hybridized carbons (Fsp3) is 0.0833. The number of allylic oxidation sites excluding steroid dienone is 1. The summed E-state index contributed by atoms with van der Waals surface area (Å²) < 4.78 is 11.3. The van der Waals surface area contributed by atoms with Crippen molar-refractivity contribution in [1.82, 2.24) is 0 Å². The van der Waals surface area contributed by atoms with Gasteiger partial charge in [-0.2, -0.15) is 5.26 Å². The van der Waals surface area contributed by atoms with E-state index in [4.69, 9.17) is 26.2 Å². The third-order valence-electron chi connectivity index (χ3n) is 4.35. The van der Waals surface area contributed by atoms with Gasteiger partial charge in [0.2, 0.25) is 0 Å². The van der Waals surface area contributed by atoms with Crippen LogP contribution in [0.25, 0.3) is 11.6 Å². The van der Waals surface area contributed by atoms with Gasteiger partial charge in [-0.1, -0.05) is 41.9 Å². The summed E-state index contributed by atoms with van der Waals surface area (Å²) >= 11 is 6.02. The van der Waals surface area contributed by atoms with Gasteiger partial charge in [-0.15, -0.1) is 0 Å². The van der Waals surface area contributed by atoms with E-state index in [0.29, 0.717) is 22.1 Å². The third-order valence-corrected chi connectivity index (χ3v) is 4.59. The lowest BCUT2D eigenvalue weighted by Gasteiger charge is -2.12. The Hall–Kier alpha value is -3.75. The fourth-order valence-electron chi connectivity index (χ4n) is 2.80. The molecule has 0 bridgehead atoms. The second-order valence-electron chi connectivity index (χ2n) is 6.38. The molecule has 0 fully saturated rings. The van der Waals surface area contributed by atoms with E-state index in [1.54, 1.807) is 55.7 Å². The number of carbonyl (C=O) groups is 1. The molecule has 0 spiro atoms. The quantitative estimate of drug-likeness (QED) is 0.393. The summed E-state index contributed by atoms with van der Waals surface area (Å²) in [6, 6.07) is 21.2. The molecular weight excluding hydrogens is 402 g/mol. The molecule has 0 aliphatic heterocycles. The predicted octanol–water partition coefficient (Wildman–Crippen LogP) is 5.69. The van der Waals surface area contributed by atoms with Crippen molar-refractivity contribution < 1.29 is 19.4 Å². The van der Waals surface area contributed by atoms with Gasteiger partial charge in [0.15, 0.2) is 11.5 Å². The van der Waals surface area contributed by atoms with Crippen LogP contribution in [0.5, 0.6) is 11.5 Å². The number of hydrogen-bond donors (Lipinski definition) is 1. The Morgan fingerprint density at radius 1 is 1.07 bits per heavy atom. The van der Waals surface area contributed by atoms with Crippen molar-refractivity contribution in [3.8, 4) is 17.6 Å². The first-order valence-electron chi connectivity index (χ1n) is 9.01. The van der Waals surface area contributed by atoms with Crippen molar-refractivity contribution >= 4 is 29.2 Å². The van der Waals surface area contributed by atoms with Crippen LogP contribution in [-0.4, -0.2) is 18.2 Å². The summed E-state index contributed by atoms with van der Waals surface area (Å²) in [7, 11) is 1.54. The predicted molar refractivity (Wildman–Crippen MR) is 116 cm³/mol. The molecule has 0 aliphatic carbocycles. The van der Waals surface area contributed by atoms with Crippen molar-refractivity contribution in [3.63, 3.8) is 0 Å². The molecule has 6 heteroatoms. The Morgan fingerprint density at radius 3 is 2.47 bits per heavy atom. The lowest BCUT2D eigenvalue weighted by Crippen LogP contribution is -2.00. The van der Waals surface area contributed by atoms with Crippen LogP contribution in [0.4, 0.5) is 0 Å². The van der Waals surface area contributed by atoms with E-state index in [2.05, 4.69) is 6.07 Å². The number of carboxylic acids is 1. The molecule has 0 unspecified atom stereocenters. The third kappa shape index (κ3) is 5.19. The molecule has 3 aromatic rings. The van der Waals surface area contributed by atoms with E-state index >= 15 is 0 Å². The van der Waals surface area contributed by atoms with Gasteiger partial charge < -0.3 is 14.6 Å². The molecule has 150 valence electrons. The number of rotatable bonds is 7. The number of ether oxygens (including phenoxy) is 2. The van der Waals surface area contributed by atoms with Crippen LogP contribution in [0, 0.1) is 11.3 Å². The van der Waals surface area contributed by atoms with Gasteiger partial charge >= 0.3 is 5.97 Å². The minimum atomic E-state index is -0.970. The van der Waals surface area contributed by atoms with Crippen LogP contribution in [0.15, 0.2) is 66.7 Å². The van der Waals surface area contributed by atoms with E-state index in [0.717, 1.165) is 16.7 Å². The van der Waals surface area contributed by atoms with Crippen LogP contribution in [0.2, 0.25) is 5.02 Å². The monoisotopic (exact) mass is 419 g/mol. The maximum absolute atomic E-state index is 10.9. The standard InChI is InChI=1S/C24H18ClNO4/c1-29-23-12-17(11-20(14-26)19-3-2-4-21(25)13-19)7-10-22(23)30-15-16-5-8-18(9-6-16)24(27)28/h2-13H,15H2,1H3,(H,27,28)/b20-11-. The zero-order chi connectivity index (χ0) is 21.5. The van der Waals surface area contributed by atoms with Crippen LogP contribution < -0.4 is 9.47 Å². The van der Waals surface area contributed by atoms with E-state index in [-0.39, 0.29) is 12.2 Å². The molecule has 0 atom stereocenters. The second-order valence-corrected chi connectivity index (χ2v) is 6.82. The second kappa shape index (κ2) is 9.64. The normalized spacial score (nSPS) is 10.9. The summed E-state index contributed by atoms with van der Waals surface area (Å²) in [5.74, 6) is 0.0924. The first-order valence-corrected chi connectivity index (χ1v) is 9.39. The molecule has 0 heterocycles. The average Bonchev–Trinajstić information content (AvgIpc) is 2.76. The molecule has 0 radical (unpaired) electrons. The van der Waals surface area contributed by atoms with Gasteiger partial charge in [0.05, 0.1) is 24.3 Å². The van der Waals surface area contributed by atoms with E-state index in [9.17, 15) is 10.1 Å². The summed E-state index contributed by atoms with van der Waals surface area (Å²) in [6.45, 7) is 0.261. The number of benzene rings is 3. The van der Waals surface area contributed by atoms with Crippen molar-refractivity contribution in [1.29, 1.82) is 5.26 Å². The Kier molecular flexibility index (Phi) is 6.74. The van der Waals surface area contributed by atoms with Gasteiger partial charge in [-0.05, 0) is 59.2 Å². The van der Waals surface area contributed by atoms with Crippen molar-refractivity contribution in [3.05, 3.63) is 94.0 Å². The van der Waals surface area contributed by atoms with Gasteiger partial charge in [0.25, 0.3) is 0 Å². The Bertz CT molecular complexity index is 1130. The minimum Gasteiger partial charge on any atom is -0.493 e. The highest BCUT2D eigenvalue weighted by Crippen LogP contribution is 2.31. The lowest BCUT2D eigenvalue weighted by atomic mass is 10.0. The SMILES string of the molecule is COc1cc(/C=C(/C#N)c2cccc(Cl)c2)ccc1OCc1ccc(C(=O)O)cc1. The van der Waals surface area contributed by atoms with Gasteiger partial charge in [0.1, 0.15) is 6.61 Å². The smallest absolute Gasteiger partial charge is 0.335 e. The largest absolute Gasteiger partial charge is 0.493 e. The van der Waals surface area contributed by atoms with Crippen LogP contribution in [-0.2, 0) is 6.61 Å². The molecule has 1 N–H and O–H groups in total. The molecule has 0 saturated heterocycles. The first-order chi connectivity index (χ1) is 14.5. The van der Waals surface area contributed by atoms with E-state index in [1.165, 1.54) is 12.1 Å². The molecule has 0 aromatic heterocycles. The number of nitrogens with zero attached hydrogens (tertiary/aromatic N) is 1. The molecule has 30 heavy (non-hydrogen) atoms. The maximum Gasteiger partial charge on any atom is 0.335 e. The van der Waals surface area contributed by atoms with Crippen LogP contribution >= 0.6 is 11.6 Å². The highest BCUT2D eigenvalue weighted by atomic mass is 35.5.